The van der Waals surface area contributed by atoms with E-state index in [-0.39, 0.29) is 17.5 Å². The van der Waals surface area contributed by atoms with Gasteiger partial charge in [-0.1, -0.05) is 0 Å². The Balaban J connectivity index is 2.25. The number of carbonyl (C=O) groups excluding carboxylic acids is 1. The molecule has 5 nitrogen and oxygen atoms in total. The van der Waals surface area contributed by atoms with Gasteiger partial charge in [-0.05, 0) is 32.0 Å². The Kier molecular flexibility index (Phi) is 3.81. The number of pyridine rings is 1. The summed E-state index contributed by atoms with van der Waals surface area (Å²) >= 11 is 0. The molecule has 5 heteroatoms. The van der Waals surface area contributed by atoms with Gasteiger partial charge in [-0.15, -0.1) is 0 Å². The van der Waals surface area contributed by atoms with E-state index in [1.807, 2.05) is 0 Å². The quantitative estimate of drug-likeness (QED) is 0.829. The zero-order chi connectivity index (χ0) is 13.1. The molecule has 1 N–H and O–H groups in total. The topological polar surface area (TPSA) is 54.3 Å². The molecule has 1 saturated heterocycles. The van der Waals surface area contributed by atoms with Crippen LogP contribution in [0.5, 0.6) is 0 Å². The minimum absolute atomic E-state index is 0.0883. The number of carbonyl (C=O) groups is 1. The highest BCUT2D eigenvalue weighted by Crippen LogP contribution is 2.16. The second kappa shape index (κ2) is 5.35. The Morgan fingerprint density at radius 2 is 2.06 bits per heavy atom. The summed E-state index contributed by atoms with van der Waals surface area (Å²) in [5, 5.41) is 3.27. The second-order valence-corrected chi connectivity index (χ2v) is 4.84. The molecule has 1 amide bonds. The van der Waals surface area contributed by atoms with Crippen LogP contribution in [0.1, 0.15) is 29.2 Å². The van der Waals surface area contributed by atoms with Gasteiger partial charge in [0.05, 0.1) is 0 Å². The highest BCUT2D eigenvalue weighted by atomic mass is 16.2. The molecule has 0 unspecified atom stereocenters. The van der Waals surface area contributed by atoms with E-state index < -0.39 is 0 Å². The molecular formula is C13H19N3O2. The largest absolute Gasteiger partial charge is 0.345 e. The van der Waals surface area contributed by atoms with Crippen LogP contribution < -0.4 is 10.9 Å². The number of hydrogen-bond donors (Lipinski definition) is 1. The van der Waals surface area contributed by atoms with E-state index >= 15 is 0 Å². The molecule has 1 aliphatic rings. The molecule has 0 atom stereocenters. The van der Waals surface area contributed by atoms with Crippen molar-refractivity contribution in [3.63, 3.8) is 0 Å². The third-order valence-corrected chi connectivity index (χ3v) is 3.30. The molecule has 0 aliphatic carbocycles. The predicted octanol–water partition coefficient (Wildman–Crippen LogP) is 0.475. The monoisotopic (exact) mass is 249 g/mol. The molecule has 0 aromatic carbocycles. The van der Waals surface area contributed by atoms with Crippen LogP contribution in [0, 0.1) is 0 Å². The van der Waals surface area contributed by atoms with Crippen LogP contribution in [-0.2, 0) is 0 Å². The number of hydrogen-bond acceptors (Lipinski definition) is 3. The first-order valence-corrected chi connectivity index (χ1v) is 6.24. The molecule has 0 saturated carbocycles. The molecule has 0 bridgehead atoms. The number of rotatable bonds is 2. The lowest BCUT2D eigenvalue weighted by atomic mass is 10.1. The van der Waals surface area contributed by atoms with Crippen LogP contribution in [0.3, 0.4) is 0 Å². The Morgan fingerprint density at radius 1 is 1.39 bits per heavy atom. The summed E-state index contributed by atoms with van der Waals surface area (Å²) in [6, 6.07) is 3.41. The summed E-state index contributed by atoms with van der Waals surface area (Å²) in [5.41, 5.74) is 0.366. The Hall–Kier alpha value is -1.62. The van der Waals surface area contributed by atoms with E-state index in [9.17, 15) is 9.59 Å². The third-order valence-electron chi connectivity index (χ3n) is 3.30. The maximum Gasteiger partial charge on any atom is 0.253 e. The van der Waals surface area contributed by atoms with Crippen molar-refractivity contribution in [1.82, 2.24) is 14.8 Å². The molecule has 1 aliphatic heterocycles. The van der Waals surface area contributed by atoms with E-state index in [0.29, 0.717) is 5.56 Å². The summed E-state index contributed by atoms with van der Waals surface area (Å²) in [4.78, 5) is 25.3. The lowest BCUT2D eigenvalue weighted by Crippen LogP contribution is -2.34. The van der Waals surface area contributed by atoms with E-state index in [1.54, 1.807) is 30.9 Å². The smallest absolute Gasteiger partial charge is 0.253 e. The SMILES string of the molecule is CN(C)C(=O)c1ccn(C2CCNCC2)c(=O)c1. The van der Waals surface area contributed by atoms with Crippen molar-refractivity contribution in [2.45, 2.75) is 18.9 Å². The van der Waals surface area contributed by atoms with Gasteiger partial charge in [0.2, 0.25) is 0 Å². The van der Waals surface area contributed by atoms with Crippen molar-refractivity contribution >= 4 is 5.91 Å². The van der Waals surface area contributed by atoms with Gasteiger partial charge in [0, 0.05) is 38.0 Å². The molecule has 1 fully saturated rings. The number of piperidine rings is 1. The van der Waals surface area contributed by atoms with E-state index in [4.69, 9.17) is 0 Å². The average molecular weight is 249 g/mol. The first-order chi connectivity index (χ1) is 8.59. The summed E-state index contributed by atoms with van der Waals surface area (Å²) in [6.07, 6.45) is 3.66. The Bertz CT molecular complexity index is 487. The van der Waals surface area contributed by atoms with Crippen molar-refractivity contribution in [2.24, 2.45) is 0 Å². The molecule has 2 heterocycles. The van der Waals surface area contributed by atoms with Crippen LogP contribution in [0.25, 0.3) is 0 Å². The van der Waals surface area contributed by atoms with Crippen LogP contribution in [0.15, 0.2) is 23.1 Å². The van der Waals surface area contributed by atoms with Gasteiger partial charge in [-0.2, -0.15) is 0 Å². The molecule has 0 radical (unpaired) electrons. The van der Waals surface area contributed by atoms with Gasteiger partial charge in [-0.3, -0.25) is 9.59 Å². The fourth-order valence-corrected chi connectivity index (χ4v) is 2.27. The molecule has 18 heavy (non-hydrogen) atoms. The maximum atomic E-state index is 12.0. The predicted molar refractivity (Wildman–Crippen MR) is 69.9 cm³/mol. The van der Waals surface area contributed by atoms with Crippen molar-refractivity contribution in [1.29, 1.82) is 0 Å². The number of aromatic nitrogens is 1. The summed E-state index contributed by atoms with van der Waals surface area (Å²) in [5.74, 6) is -0.135. The highest BCUT2D eigenvalue weighted by molar-refractivity contribution is 5.93. The zero-order valence-electron chi connectivity index (χ0n) is 10.8. The van der Waals surface area contributed by atoms with Gasteiger partial charge in [0.15, 0.2) is 0 Å². The van der Waals surface area contributed by atoms with Crippen LogP contribution in [0.2, 0.25) is 0 Å². The summed E-state index contributed by atoms with van der Waals surface area (Å²) < 4.78 is 1.74. The lowest BCUT2D eigenvalue weighted by Gasteiger charge is -2.24. The zero-order valence-corrected chi connectivity index (χ0v) is 10.8. The van der Waals surface area contributed by atoms with Crippen molar-refractivity contribution in [2.75, 3.05) is 27.2 Å². The minimum atomic E-state index is -0.135. The number of nitrogens with zero attached hydrogens (tertiary/aromatic N) is 2. The second-order valence-electron chi connectivity index (χ2n) is 4.84. The van der Waals surface area contributed by atoms with Crippen molar-refractivity contribution in [3.05, 3.63) is 34.2 Å². The van der Waals surface area contributed by atoms with Crippen molar-refractivity contribution in [3.8, 4) is 0 Å². The maximum absolute atomic E-state index is 12.0. The van der Waals surface area contributed by atoms with E-state index in [0.717, 1.165) is 25.9 Å². The molecular weight excluding hydrogens is 230 g/mol. The third kappa shape index (κ3) is 2.61. The summed E-state index contributed by atoms with van der Waals surface area (Å²) in [7, 11) is 3.36. The molecule has 1 aromatic rings. The standard InChI is InChI=1S/C13H19N3O2/c1-15(2)13(18)10-5-8-16(12(17)9-10)11-3-6-14-7-4-11/h5,8-9,11,14H,3-4,6-7H2,1-2H3. The van der Waals surface area contributed by atoms with Gasteiger partial charge >= 0.3 is 0 Å². The molecule has 2 rings (SSSR count). The van der Waals surface area contributed by atoms with E-state index in [2.05, 4.69) is 5.32 Å². The number of nitrogens with one attached hydrogen (secondary N) is 1. The fraction of sp³-hybridized carbons (Fsp3) is 0.538. The minimum Gasteiger partial charge on any atom is -0.345 e. The van der Waals surface area contributed by atoms with Gasteiger partial charge in [0.25, 0.3) is 11.5 Å². The van der Waals surface area contributed by atoms with Crippen molar-refractivity contribution < 1.29 is 4.79 Å². The fourth-order valence-electron chi connectivity index (χ4n) is 2.27. The van der Waals surface area contributed by atoms with Gasteiger partial charge in [-0.25, -0.2) is 0 Å². The Labute approximate surface area is 106 Å². The van der Waals surface area contributed by atoms with Crippen LogP contribution in [-0.4, -0.2) is 42.6 Å². The first kappa shape index (κ1) is 12.8. The molecule has 98 valence electrons. The normalized spacial score (nSPS) is 16.6. The number of amides is 1. The van der Waals surface area contributed by atoms with Gasteiger partial charge < -0.3 is 14.8 Å². The average Bonchev–Trinajstić information content (AvgIpc) is 2.38. The summed E-state index contributed by atoms with van der Waals surface area (Å²) in [6.45, 7) is 1.88. The van der Waals surface area contributed by atoms with Gasteiger partial charge in [0.1, 0.15) is 0 Å². The van der Waals surface area contributed by atoms with Crippen LogP contribution >= 0.6 is 0 Å². The molecule has 1 aromatic heterocycles. The Morgan fingerprint density at radius 3 is 2.61 bits per heavy atom. The first-order valence-electron chi connectivity index (χ1n) is 6.24. The highest BCUT2D eigenvalue weighted by Gasteiger charge is 2.17. The molecule has 0 spiro atoms. The lowest BCUT2D eigenvalue weighted by molar-refractivity contribution is 0.0827. The van der Waals surface area contributed by atoms with Crippen LogP contribution in [0.4, 0.5) is 0 Å². The van der Waals surface area contributed by atoms with E-state index in [1.165, 1.54) is 11.0 Å².